The first kappa shape index (κ1) is 15.7. The first-order valence-corrected chi connectivity index (χ1v) is 6.39. The Morgan fingerprint density at radius 2 is 1.95 bits per heavy atom. The highest BCUT2D eigenvalue weighted by atomic mass is 19.2. The van der Waals surface area contributed by atoms with Gasteiger partial charge in [0.1, 0.15) is 11.3 Å². The van der Waals surface area contributed by atoms with Crippen molar-refractivity contribution in [2.75, 3.05) is 5.32 Å². The highest BCUT2D eigenvalue weighted by molar-refractivity contribution is 5.97. The van der Waals surface area contributed by atoms with E-state index >= 15 is 0 Å². The molecule has 0 spiro atoms. The van der Waals surface area contributed by atoms with E-state index in [9.17, 15) is 18.4 Å². The quantitative estimate of drug-likeness (QED) is 0.881. The molecular formula is C15H13F2NO4. The number of esters is 1. The van der Waals surface area contributed by atoms with Crippen LogP contribution < -0.4 is 5.32 Å². The molecule has 0 radical (unpaired) electrons. The van der Waals surface area contributed by atoms with E-state index in [2.05, 4.69) is 5.32 Å². The van der Waals surface area contributed by atoms with Gasteiger partial charge < -0.3 is 14.5 Å². The minimum Gasteiger partial charge on any atom is -0.469 e. The van der Waals surface area contributed by atoms with Crippen LogP contribution in [0.15, 0.2) is 34.9 Å². The Kier molecular flexibility index (Phi) is 4.55. The molecule has 1 heterocycles. The number of ether oxygens (including phenoxy) is 1. The molecule has 0 fully saturated rings. The van der Waals surface area contributed by atoms with Gasteiger partial charge in [-0.1, -0.05) is 0 Å². The van der Waals surface area contributed by atoms with Gasteiger partial charge in [-0.05, 0) is 32.0 Å². The molecule has 0 saturated carbocycles. The molecule has 1 aromatic carbocycles. The molecule has 22 heavy (non-hydrogen) atoms. The molecule has 5 nitrogen and oxygen atoms in total. The van der Waals surface area contributed by atoms with E-state index in [-0.39, 0.29) is 11.3 Å². The maximum absolute atomic E-state index is 13.0. The Bertz CT molecular complexity index is 711. The average molecular weight is 309 g/mol. The van der Waals surface area contributed by atoms with E-state index in [0.717, 1.165) is 12.1 Å². The molecule has 0 bridgehead atoms. The second-order valence-electron chi connectivity index (χ2n) is 4.56. The van der Waals surface area contributed by atoms with Gasteiger partial charge in [-0.15, -0.1) is 0 Å². The molecule has 0 aliphatic heterocycles. The Balaban J connectivity index is 1.98. The smallest absolute Gasteiger partial charge is 0.342 e. The van der Waals surface area contributed by atoms with Crippen LogP contribution >= 0.6 is 0 Å². The fourth-order valence-corrected chi connectivity index (χ4v) is 1.69. The number of carbonyl (C=O) groups excluding carboxylic acids is 2. The average Bonchev–Trinajstić information content (AvgIpc) is 2.89. The Morgan fingerprint density at radius 1 is 1.23 bits per heavy atom. The first-order chi connectivity index (χ1) is 10.4. The molecule has 0 aliphatic carbocycles. The number of halogens is 2. The molecule has 2 aromatic rings. The van der Waals surface area contributed by atoms with Crippen LogP contribution in [0, 0.1) is 18.6 Å². The monoisotopic (exact) mass is 309 g/mol. The van der Waals surface area contributed by atoms with Crippen molar-refractivity contribution in [3.05, 3.63) is 53.5 Å². The van der Waals surface area contributed by atoms with Gasteiger partial charge in [0.25, 0.3) is 5.91 Å². The van der Waals surface area contributed by atoms with E-state index < -0.39 is 29.6 Å². The summed E-state index contributed by atoms with van der Waals surface area (Å²) in [6, 6.07) is 4.35. The molecule has 1 amide bonds. The van der Waals surface area contributed by atoms with Crippen molar-refractivity contribution in [1.82, 2.24) is 0 Å². The van der Waals surface area contributed by atoms with Crippen LogP contribution in [0.2, 0.25) is 0 Å². The third-order valence-corrected chi connectivity index (χ3v) is 2.92. The highest BCUT2D eigenvalue weighted by Gasteiger charge is 2.21. The molecule has 1 aromatic heterocycles. The van der Waals surface area contributed by atoms with E-state index in [4.69, 9.17) is 9.15 Å². The van der Waals surface area contributed by atoms with Crippen LogP contribution in [-0.2, 0) is 9.53 Å². The topological polar surface area (TPSA) is 68.5 Å². The SMILES string of the molecule is Cc1occc1C(=O)O[C@H](C)C(=O)Nc1ccc(F)c(F)c1. The van der Waals surface area contributed by atoms with Crippen molar-refractivity contribution in [3.8, 4) is 0 Å². The molecule has 2 rings (SSSR count). The molecule has 1 N–H and O–H groups in total. The zero-order valence-electron chi connectivity index (χ0n) is 11.9. The van der Waals surface area contributed by atoms with Crippen LogP contribution in [0.25, 0.3) is 0 Å². The summed E-state index contributed by atoms with van der Waals surface area (Å²) in [5.41, 5.74) is 0.277. The van der Waals surface area contributed by atoms with Crippen LogP contribution in [0.5, 0.6) is 0 Å². The van der Waals surface area contributed by atoms with Crippen molar-refractivity contribution in [3.63, 3.8) is 0 Å². The summed E-state index contributed by atoms with van der Waals surface area (Å²) in [6.45, 7) is 2.95. The largest absolute Gasteiger partial charge is 0.469 e. The molecule has 0 saturated heterocycles. The summed E-state index contributed by atoms with van der Waals surface area (Å²) in [5, 5.41) is 2.33. The number of hydrogen-bond acceptors (Lipinski definition) is 4. The van der Waals surface area contributed by atoms with Gasteiger partial charge in [-0.3, -0.25) is 4.79 Å². The molecular weight excluding hydrogens is 296 g/mol. The normalized spacial score (nSPS) is 11.8. The number of aryl methyl sites for hydroxylation is 1. The van der Waals surface area contributed by atoms with Gasteiger partial charge in [0.15, 0.2) is 17.7 Å². The summed E-state index contributed by atoms with van der Waals surface area (Å²) >= 11 is 0. The summed E-state index contributed by atoms with van der Waals surface area (Å²) in [5.74, 6) is -3.11. The van der Waals surface area contributed by atoms with Crippen molar-refractivity contribution >= 4 is 17.6 Å². The van der Waals surface area contributed by atoms with E-state index in [1.807, 2.05) is 0 Å². The number of nitrogens with one attached hydrogen (secondary N) is 1. The lowest BCUT2D eigenvalue weighted by Crippen LogP contribution is -2.30. The fraction of sp³-hybridized carbons (Fsp3) is 0.200. The maximum atomic E-state index is 13.0. The molecule has 0 aliphatic rings. The minimum atomic E-state index is -1.12. The van der Waals surface area contributed by atoms with Gasteiger partial charge in [0.2, 0.25) is 0 Å². The van der Waals surface area contributed by atoms with Crippen LogP contribution in [0.4, 0.5) is 14.5 Å². The third kappa shape index (κ3) is 3.49. The number of anilines is 1. The van der Waals surface area contributed by atoms with Gasteiger partial charge in [-0.2, -0.15) is 0 Å². The second-order valence-corrected chi connectivity index (χ2v) is 4.56. The lowest BCUT2D eigenvalue weighted by molar-refractivity contribution is -0.123. The maximum Gasteiger partial charge on any atom is 0.342 e. The van der Waals surface area contributed by atoms with Crippen LogP contribution in [-0.4, -0.2) is 18.0 Å². The zero-order chi connectivity index (χ0) is 16.3. The zero-order valence-corrected chi connectivity index (χ0v) is 11.9. The van der Waals surface area contributed by atoms with Crippen molar-refractivity contribution in [2.24, 2.45) is 0 Å². The Labute approximate surface area is 124 Å². The molecule has 7 heteroatoms. The first-order valence-electron chi connectivity index (χ1n) is 6.39. The van der Waals surface area contributed by atoms with Gasteiger partial charge in [0, 0.05) is 11.8 Å². The van der Waals surface area contributed by atoms with Crippen molar-refractivity contribution < 1.29 is 27.5 Å². The summed E-state index contributed by atoms with van der Waals surface area (Å²) < 4.78 is 35.8. The third-order valence-electron chi connectivity index (χ3n) is 2.92. The minimum absolute atomic E-state index is 0.0614. The van der Waals surface area contributed by atoms with E-state index in [1.54, 1.807) is 6.92 Å². The molecule has 0 unspecified atom stereocenters. The number of carbonyl (C=O) groups is 2. The number of benzene rings is 1. The number of hydrogen-bond donors (Lipinski definition) is 1. The van der Waals surface area contributed by atoms with Crippen molar-refractivity contribution in [1.29, 1.82) is 0 Å². The van der Waals surface area contributed by atoms with Gasteiger partial charge in [0.05, 0.1) is 6.26 Å². The van der Waals surface area contributed by atoms with Gasteiger partial charge in [-0.25, -0.2) is 13.6 Å². The number of furan rings is 1. The predicted octanol–water partition coefficient (Wildman–Crippen LogP) is 3.05. The lowest BCUT2D eigenvalue weighted by Gasteiger charge is -2.13. The van der Waals surface area contributed by atoms with Crippen molar-refractivity contribution in [2.45, 2.75) is 20.0 Å². The van der Waals surface area contributed by atoms with Gasteiger partial charge >= 0.3 is 5.97 Å². The highest BCUT2D eigenvalue weighted by Crippen LogP contribution is 2.15. The molecule has 1 atom stereocenters. The lowest BCUT2D eigenvalue weighted by atomic mass is 10.2. The predicted molar refractivity (Wildman–Crippen MR) is 73.3 cm³/mol. The summed E-state index contributed by atoms with van der Waals surface area (Å²) in [7, 11) is 0. The van der Waals surface area contributed by atoms with E-state index in [1.165, 1.54) is 25.3 Å². The Morgan fingerprint density at radius 3 is 2.55 bits per heavy atom. The number of rotatable bonds is 4. The standard InChI is InChI=1S/C15H13F2NO4/c1-8-11(5-6-21-8)15(20)22-9(2)14(19)18-10-3-4-12(16)13(17)7-10/h3-7,9H,1-2H3,(H,18,19)/t9-/m1/s1. The summed E-state index contributed by atoms with van der Waals surface area (Å²) in [4.78, 5) is 23.7. The second kappa shape index (κ2) is 6.38. The van der Waals surface area contributed by atoms with E-state index in [0.29, 0.717) is 5.76 Å². The van der Waals surface area contributed by atoms with Crippen LogP contribution in [0.3, 0.4) is 0 Å². The Hall–Kier alpha value is -2.70. The molecule has 116 valence electrons. The van der Waals surface area contributed by atoms with Crippen LogP contribution in [0.1, 0.15) is 23.0 Å². The fourth-order valence-electron chi connectivity index (χ4n) is 1.69. The summed E-state index contributed by atoms with van der Waals surface area (Å²) in [6.07, 6.45) is 0.215. The number of amides is 1.